The summed E-state index contributed by atoms with van der Waals surface area (Å²) in [6.07, 6.45) is 0. The SMILES string of the molecule is C=C(CN(CC)CC(=O)NC(C)C)C(=O)O. The molecule has 0 unspecified atom stereocenters. The van der Waals surface area contributed by atoms with Crippen molar-refractivity contribution in [1.29, 1.82) is 0 Å². The van der Waals surface area contributed by atoms with Gasteiger partial charge in [-0.2, -0.15) is 0 Å². The summed E-state index contributed by atoms with van der Waals surface area (Å²) in [5.74, 6) is -1.13. The van der Waals surface area contributed by atoms with Gasteiger partial charge in [-0.25, -0.2) is 4.79 Å². The van der Waals surface area contributed by atoms with Crippen molar-refractivity contribution in [1.82, 2.24) is 10.2 Å². The highest BCUT2D eigenvalue weighted by Gasteiger charge is 2.13. The molecule has 0 aromatic carbocycles. The number of carbonyl (C=O) groups is 2. The molecule has 0 fully saturated rings. The van der Waals surface area contributed by atoms with Crippen LogP contribution in [0.15, 0.2) is 12.2 Å². The average molecular weight is 228 g/mol. The first-order valence-electron chi connectivity index (χ1n) is 5.29. The molecule has 5 nitrogen and oxygen atoms in total. The van der Waals surface area contributed by atoms with Crippen LogP contribution in [0.4, 0.5) is 0 Å². The summed E-state index contributed by atoms with van der Waals surface area (Å²) < 4.78 is 0. The Morgan fingerprint density at radius 1 is 1.38 bits per heavy atom. The van der Waals surface area contributed by atoms with Gasteiger partial charge in [-0.3, -0.25) is 9.69 Å². The second kappa shape index (κ2) is 7.00. The minimum Gasteiger partial charge on any atom is -0.478 e. The van der Waals surface area contributed by atoms with Crippen LogP contribution in [0.2, 0.25) is 0 Å². The molecule has 0 atom stereocenters. The van der Waals surface area contributed by atoms with Gasteiger partial charge in [0.15, 0.2) is 0 Å². The lowest BCUT2D eigenvalue weighted by Crippen LogP contribution is -2.41. The van der Waals surface area contributed by atoms with Crippen LogP contribution in [0, 0.1) is 0 Å². The van der Waals surface area contributed by atoms with Gasteiger partial charge in [0, 0.05) is 18.2 Å². The van der Waals surface area contributed by atoms with E-state index >= 15 is 0 Å². The van der Waals surface area contributed by atoms with Crippen molar-refractivity contribution < 1.29 is 14.7 Å². The number of nitrogens with zero attached hydrogens (tertiary/aromatic N) is 1. The Bertz CT molecular complexity index is 274. The molecule has 0 rings (SSSR count). The lowest BCUT2D eigenvalue weighted by molar-refractivity contribution is -0.133. The molecule has 1 amide bonds. The second-order valence-electron chi connectivity index (χ2n) is 3.93. The van der Waals surface area contributed by atoms with Gasteiger partial charge in [-0.1, -0.05) is 13.5 Å². The predicted octanol–water partition coefficient (Wildman–Crippen LogP) is 0.474. The summed E-state index contributed by atoms with van der Waals surface area (Å²) in [6.45, 7) is 10.1. The standard InChI is InChI=1S/C11H20N2O3/c1-5-13(6-9(4)11(15)16)7-10(14)12-8(2)3/h8H,4-7H2,1-3H3,(H,12,14)(H,15,16). The zero-order chi connectivity index (χ0) is 12.7. The number of amides is 1. The Balaban J connectivity index is 4.15. The second-order valence-corrected chi connectivity index (χ2v) is 3.93. The molecule has 0 saturated heterocycles. The van der Waals surface area contributed by atoms with Crippen LogP contribution in [-0.2, 0) is 9.59 Å². The molecule has 0 radical (unpaired) electrons. The smallest absolute Gasteiger partial charge is 0.332 e. The lowest BCUT2D eigenvalue weighted by Gasteiger charge is -2.20. The minimum atomic E-state index is -1.03. The molecule has 0 aliphatic rings. The Labute approximate surface area is 96.1 Å². The monoisotopic (exact) mass is 228 g/mol. The van der Waals surface area contributed by atoms with Gasteiger partial charge in [-0.15, -0.1) is 0 Å². The molecule has 0 heterocycles. The fourth-order valence-electron chi connectivity index (χ4n) is 1.19. The van der Waals surface area contributed by atoms with Crippen LogP contribution >= 0.6 is 0 Å². The highest BCUT2D eigenvalue weighted by Crippen LogP contribution is 1.97. The van der Waals surface area contributed by atoms with Gasteiger partial charge in [0.25, 0.3) is 0 Å². The summed E-state index contributed by atoms with van der Waals surface area (Å²) in [7, 11) is 0. The van der Waals surface area contributed by atoms with Crippen molar-refractivity contribution >= 4 is 11.9 Å². The number of nitrogens with one attached hydrogen (secondary N) is 1. The molecule has 0 saturated carbocycles. The topological polar surface area (TPSA) is 69.6 Å². The van der Waals surface area contributed by atoms with Gasteiger partial charge < -0.3 is 10.4 Å². The average Bonchev–Trinajstić information content (AvgIpc) is 2.14. The molecule has 0 aromatic rings. The number of rotatable bonds is 7. The quantitative estimate of drug-likeness (QED) is 0.622. The van der Waals surface area contributed by atoms with Gasteiger partial charge >= 0.3 is 5.97 Å². The fraction of sp³-hybridized carbons (Fsp3) is 0.636. The van der Waals surface area contributed by atoms with E-state index in [9.17, 15) is 9.59 Å². The van der Waals surface area contributed by atoms with Gasteiger partial charge in [0.2, 0.25) is 5.91 Å². The Morgan fingerprint density at radius 2 is 1.94 bits per heavy atom. The van der Waals surface area contributed by atoms with E-state index in [-0.39, 0.29) is 30.6 Å². The summed E-state index contributed by atoms with van der Waals surface area (Å²) in [5, 5.41) is 11.4. The zero-order valence-electron chi connectivity index (χ0n) is 10.1. The molecule has 0 bridgehead atoms. The molecule has 0 spiro atoms. The third kappa shape index (κ3) is 6.19. The Morgan fingerprint density at radius 3 is 2.31 bits per heavy atom. The molecule has 5 heteroatoms. The first-order valence-corrected chi connectivity index (χ1v) is 5.29. The van der Waals surface area contributed by atoms with Crippen LogP contribution in [-0.4, -0.2) is 47.6 Å². The van der Waals surface area contributed by atoms with E-state index in [1.165, 1.54) is 0 Å². The summed E-state index contributed by atoms with van der Waals surface area (Å²) in [4.78, 5) is 23.8. The third-order valence-corrected chi connectivity index (χ3v) is 1.98. The van der Waals surface area contributed by atoms with Crippen LogP contribution < -0.4 is 5.32 Å². The van der Waals surface area contributed by atoms with Crippen molar-refractivity contribution in [2.24, 2.45) is 0 Å². The molecule has 2 N–H and O–H groups in total. The normalized spacial score (nSPS) is 10.6. The van der Waals surface area contributed by atoms with Crippen molar-refractivity contribution in [3.05, 3.63) is 12.2 Å². The largest absolute Gasteiger partial charge is 0.478 e. The maximum Gasteiger partial charge on any atom is 0.332 e. The first kappa shape index (κ1) is 14.6. The van der Waals surface area contributed by atoms with Crippen LogP contribution in [0.1, 0.15) is 20.8 Å². The number of hydrogen-bond acceptors (Lipinski definition) is 3. The van der Waals surface area contributed by atoms with Crippen LogP contribution in [0.25, 0.3) is 0 Å². The third-order valence-electron chi connectivity index (χ3n) is 1.98. The van der Waals surface area contributed by atoms with Gasteiger partial charge in [0.05, 0.1) is 6.54 Å². The molecule has 92 valence electrons. The van der Waals surface area contributed by atoms with Gasteiger partial charge in [0.1, 0.15) is 0 Å². The lowest BCUT2D eigenvalue weighted by atomic mass is 10.2. The van der Waals surface area contributed by atoms with Gasteiger partial charge in [-0.05, 0) is 20.4 Å². The number of carboxylic acid groups (broad SMARTS) is 1. The van der Waals surface area contributed by atoms with E-state index in [2.05, 4.69) is 11.9 Å². The summed E-state index contributed by atoms with van der Waals surface area (Å²) in [6, 6.07) is 0.0916. The highest BCUT2D eigenvalue weighted by molar-refractivity contribution is 5.86. The van der Waals surface area contributed by atoms with Crippen molar-refractivity contribution in [2.45, 2.75) is 26.8 Å². The predicted molar refractivity (Wildman–Crippen MR) is 62.2 cm³/mol. The zero-order valence-corrected chi connectivity index (χ0v) is 10.1. The number of aliphatic carboxylic acids is 1. The summed E-state index contributed by atoms with van der Waals surface area (Å²) in [5.41, 5.74) is 0.0965. The number of hydrogen-bond donors (Lipinski definition) is 2. The van der Waals surface area contributed by atoms with Crippen molar-refractivity contribution in [3.63, 3.8) is 0 Å². The Hall–Kier alpha value is -1.36. The summed E-state index contributed by atoms with van der Waals surface area (Å²) >= 11 is 0. The maximum absolute atomic E-state index is 11.4. The number of carboxylic acids is 1. The van der Waals surface area contributed by atoms with Crippen LogP contribution in [0.3, 0.4) is 0 Å². The molecular weight excluding hydrogens is 208 g/mol. The maximum atomic E-state index is 11.4. The van der Waals surface area contributed by atoms with Crippen molar-refractivity contribution in [2.75, 3.05) is 19.6 Å². The van der Waals surface area contributed by atoms with Crippen molar-refractivity contribution in [3.8, 4) is 0 Å². The van der Waals surface area contributed by atoms with E-state index in [0.717, 1.165) is 0 Å². The van der Waals surface area contributed by atoms with E-state index in [1.807, 2.05) is 20.8 Å². The van der Waals surface area contributed by atoms with E-state index < -0.39 is 5.97 Å². The molecule has 0 aliphatic heterocycles. The van der Waals surface area contributed by atoms with E-state index in [0.29, 0.717) is 6.54 Å². The van der Waals surface area contributed by atoms with Crippen LogP contribution in [0.5, 0.6) is 0 Å². The molecule has 0 aliphatic carbocycles. The minimum absolute atomic E-state index is 0.0916. The van der Waals surface area contributed by atoms with E-state index in [1.54, 1.807) is 4.90 Å². The highest BCUT2D eigenvalue weighted by atomic mass is 16.4. The number of likely N-dealkylation sites (N-methyl/N-ethyl adjacent to an activating group) is 1. The molecule has 16 heavy (non-hydrogen) atoms. The molecule has 0 aromatic heterocycles. The van der Waals surface area contributed by atoms with E-state index in [4.69, 9.17) is 5.11 Å². The number of carbonyl (C=O) groups excluding carboxylic acids is 1. The molecular formula is C11H20N2O3. The fourth-order valence-corrected chi connectivity index (χ4v) is 1.19. The first-order chi connectivity index (χ1) is 7.36. The Kier molecular flexibility index (Phi) is 6.41.